The van der Waals surface area contributed by atoms with Gasteiger partial charge in [-0.1, -0.05) is 36.4 Å². The molecule has 1 aliphatic rings. The van der Waals surface area contributed by atoms with Crippen LogP contribution in [-0.4, -0.2) is 39.4 Å². The summed E-state index contributed by atoms with van der Waals surface area (Å²) in [5.74, 6) is 0.538. The Bertz CT molecular complexity index is 1690. The highest BCUT2D eigenvalue weighted by molar-refractivity contribution is 5.90. The van der Waals surface area contributed by atoms with Crippen LogP contribution in [0, 0.1) is 19.7 Å². The van der Waals surface area contributed by atoms with Crippen molar-refractivity contribution in [2.24, 2.45) is 0 Å². The summed E-state index contributed by atoms with van der Waals surface area (Å²) in [7, 11) is 4.00. The zero-order valence-electron chi connectivity index (χ0n) is 23.0. The number of para-hydroxylation sites is 1. The third kappa shape index (κ3) is 4.41. The molecule has 40 heavy (non-hydrogen) atoms. The van der Waals surface area contributed by atoms with E-state index in [1.165, 1.54) is 6.07 Å². The average molecular weight is 535 g/mol. The Kier molecular flexibility index (Phi) is 6.38. The van der Waals surface area contributed by atoms with Crippen LogP contribution in [0.3, 0.4) is 0 Å². The number of urea groups is 1. The minimum absolute atomic E-state index is 0.315. The zero-order chi connectivity index (χ0) is 28.0. The first-order valence-electron chi connectivity index (χ1n) is 13.2. The van der Waals surface area contributed by atoms with Gasteiger partial charge in [-0.2, -0.15) is 5.10 Å². The van der Waals surface area contributed by atoms with Gasteiger partial charge in [-0.3, -0.25) is 0 Å². The fourth-order valence-electron chi connectivity index (χ4n) is 5.32. The van der Waals surface area contributed by atoms with Gasteiger partial charge in [0.1, 0.15) is 11.6 Å². The summed E-state index contributed by atoms with van der Waals surface area (Å²) in [6.45, 7) is 3.99. The fraction of sp³-hybridized carbons (Fsp3) is 0.188. The Morgan fingerprint density at radius 3 is 2.42 bits per heavy atom. The molecule has 0 saturated heterocycles. The van der Waals surface area contributed by atoms with E-state index in [1.807, 2.05) is 84.2 Å². The molecule has 0 spiro atoms. The first-order valence-corrected chi connectivity index (χ1v) is 13.2. The number of carbonyl (C=O) groups is 1. The molecule has 0 unspecified atom stereocenters. The van der Waals surface area contributed by atoms with Crippen LogP contribution in [0.5, 0.6) is 0 Å². The van der Waals surface area contributed by atoms with Gasteiger partial charge in [-0.25, -0.2) is 13.9 Å². The molecular weight excluding hydrogens is 503 g/mol. The van der Waals surface area contributed by atoms with Crippen LogP contribution in [-0.2, 0) is 6.54 Å². The summed E-state index contributed by atoms with van der Waals surface area (Å²) in [6, 6.07) is 26.3. The highest BCUT2D eigenvalue weighted by Gasteiger charge is 2.36. The number of anilines is 2. The van der Waals surface area contributed by atoms with E-state index in [-0.39, 0.29) is 11.8 Å². The number of amides is 2. The first-order chi connectivity index (χ1) is 19.3. The van der Waals surface area contributed by atoms with E-state index in [9.17, 15) is 9.18 Å². The zero-order valence-corrected chi connectivity index (χ0v) is 23.0. The monoisotopic (exact) mass is 534 g/mol. The Labute approximate surface area is 233 Å². The largest absolute Gasteiger partial charge is 0.378 e. The number of carbonyl (C=O) groups excluding carboxylic acids is 1. The molecule has 2 amide bonds. The van der Waals surface area contributed by atoms with E-state index in [2.05, 4.69) is 34.1 Å². The molecule has 1 aliphatic heterocycles. The van der Waals surface area contributed by atoms with E-state index in [0.717, 1.165) is 39.7 Å². The first kappa shape index (κ1) is 25.4. The maximum atomic E-state index is 14.4. The molecule has 3 aromatic carbocycles. The Hall–Kier alpha value is -4.85. The fourth-order valence-corrected chi connectivity index (χ4v) is 5.32. The molecule has 8 heteroatoms. The van der Waals surface area contributed by atoms with Gasteiger partial charge in [0.15, 0.2) is 0 Å². The smallest absolute Gasteiger partial charge is 0.322 e. The maximum Gasteiger partial charge on any atom is 0.322 e. The van der Waals surface area contributed by atoms with Crippen LogP contribution in [0.4, 0.5) is 20.6 Å². The Balaban J connectivity index is 1.51. The molecule has 6 rings (SSSR count). The number of fused-ring (bicyclic) bond motifs is 3. The standard InChI is InChI=1S/C32H31FN6O/c1-21-12-15-24(19-28(21)33)34-32(40)38-20-27-22(2)35-39(26-9-6-5-7-10-26)31(27)37-18-8-11-29(37)30(38)23-13-16-25(17-14-23)36(3)4/h5-19,30H,20H2,1-4H3,(H,34,40)/t30-/m0/s1. The molecule has 202 valence electrons. The number of nitrogens with zero attached hydrogens (tertiary/aromatic N) is 5. The number of hydrogen-bond donors (Lipinski definition) is 1. The van der Waals surface area contributed by atoms with Gasteiger partial charge in [0.05, 0.1) is 29.7 Å². The SMILES string of the molecule is Cc1ccc(NC(=O)N2Cc3c(C)nn(-c4ccccc4)c3-n3cccc3[C@@H]2c2ccc(N(C)C)cc2)cc1F. The van der Waals surface area contributed by atoms with Gasteiger partial charge >= 0.3 is 6.03 Å². The lowest BCUT2D eigenvalue weighted by atomic mass is 10.0. The second-order valence-electron chi connectivity index (χ2n) is 10.3. The van der Waals surface area contributed by atoms with E-state index >= 15 is 0 Å². The predicted molar refractivity (Wildman–Crippen MR) is 156 cm³/mol. The molecule has 0 aliphatic carbocycles. The summed E-state index contributed by atoms with van der Waals surface area (Å²) >= 11 is 0. The number of rotatable bonds is 4. The van der Waals surface area contributed by atoms with Crippen molar-refractivity contribution in [1.29, 1.82) is 0 Å². The molecule has 1 N–H and O–H groups in total. The van der Waals surface area contributed by atoms with Crippen LogP contribution in [0.25, 0.3) is 11.5 Å². The van der Waals surface area contributed by atoms with Crippen molar-refractivity contribution in [2.75, 3.05) is 24.3 Å². The van der Waals surface area contributed by atoms with Gasteiger partial charge in [-0.15, -0.1) is 0 Å². The third-order valence-electron chi connectivity index (χ3n) is 7.50. The van der Waals surface area contributed by atoms with Crippen molar-refractivity contribution in [3.63, 3.8) is 0 Å². The van der Waals surface area contributed by atoms with Crippen molar-refractivity contribution < 1.29 is 9.18 Å². The van der Waals surface area contributed by atoms with Gasteiger partial charge in [0.25, 0.3) is 0 Å². The summed E-state index contributed by atoms with van der Waals surface area (Å²) < 4.78 is 18.4. The molecule has 0 radical (unpaired) electrons. The van der Waals surface area contributed by atoms with Gasteiger partial charge < -0.3 is 19.7 Å². The number of aryl methyl sites for hydroxylation is 2. The molecule has 2 aromatic heterocycles. The Morgan fingerprint density at radius 1 is 0.975 bits per heavy atom. The van der Waals surface area contributed by atoms with Crippen LogP contribution in [0.15, 0.2) is 91.1 Å². The normalized spacial score (nSPS) is 14.3. The van der Waals surface area contributed by atoms with E-state index in [0.29, 0.717) is 17.8 Å². The number of halogens is 1. The van der Waals surface area contributed by atoms with Gasteiger partial charge in [-0.05, 0) is 73.5 Å². The van der Waals surface area contributed by atoms with Crippen molar-refractivity contribution in [2.45, 2.75) is 26.4 Å². The second kappa shape index (κ2) is 10.0. The van der Waals surface area contributed by atoms with Crippen molar-refractivity contribution in [3.05, 3.63) is 125 Å². The minimum Gasteiger partial charge on any atom is -0.378 e. The van der Waals surface area contributed by atoms with Crippen LogP contribution in [0.2, 0.25) is 0 Å². The van der Waals surface area contributed by atoms with Gasteiger partial charge in [0.2, 0.25) is 0 Å². The molecule has 0 saturated carbocycles. The van der Waals surface area contributed by atoms with E-state index in [1.54, 1.807) is 19.1 Å². The molecule has 0 fully saturated rings. The lowest BCUT2D eigenvalue weighted by Crippen LogP contribution is -2.38. The number of aromatic nitrogens is 3. The molecular formula is C32H31FN6O. The number of benzene rings is 3. The van der Waals surface area contributed by atoms with Crippen molar-refractivity contribution in [3.8, 4) is 11.5 Å². The quantitative estimate of drug-likeness (QED) is 0.282. The van der Waals surface area contributed by atoms with E-state index < -0.39 is 6.04 Å². The Morgan fingerprint density at radius 2 is 1.73 bits per heavy atom. The van der Waals surface area contributed by atoms with Crippen molar-refractivity contribution in [1.82, 2.24) is 19.2 Å². The third-order valence-corrected chi connectivity index (χ3v) is 7.50. The number of nitrogens with one attached hydrogen (secondary N) is 1. The van der Waals surface area contributed by atoms with Crippen LogP contribution in [0.1, 0.15) is 34.1 Å². The second-order valence-corrected chi connectivity index (χ2v) is 10.3. The highest BCUT2D eigenvalue weighted by atomic mass is 19.1. The number of hydrogen-bond acceptors (Lipinski definition) is 3. The van der Waals surface area contributed by atoms with Crippen molar-refractivity contribution >= 4 is 17.4 Å². The predicted octanol–water partition coefficient (Wildman–Crippen LogP) is 6.62. The molecule has 7 nitrogen and oxygen atoms in total. The lowest BCUT2D eigenvalue weighted by Gasteiger charge is -2.31. The van der Waals surface area contributed by atoms with Gasteiger partial charge in [0, 0.05) is 37.2 Å². The maximum absolute atomic E-state index is 14.4. The molecule has 1 atom stereocenters. The topological polar surface area (TPSA) is 58.3 Å². The molecule has 5 aromatic rings. The summed E-state index contributed by atoms with van der Waals surface area (Å²) in [4.78, 5) is 17.9. The minimum atomic E-state index is -0.405. The molecule has 3 heterocycles. The summed E-state index contributed by atoms with van der Waals surface area (Å²) in [6.07, 6.45) is 2.02. The highest BCUT2D eigenvalue weighted by Crippen LogP contribution is 2.39. The summed E-state index contributed by atoms with van der Waals surface area (Å²) in [5, 5.41) is 7.84. The van der Waals surface area contributed by atoms with E-state index in [4.69, 9.17) is 5.10 Å². The summed E-state index contributed by atoms with van der Waals surface area (Å²) in [5.41, 5.74) is 6.62. The van der Waals surface area contributed by atoms with Crippen LogP contribution >= 0.6 is 0 Å². The lowest BCUT2D eigenvalue weighted by molar-refractivity contribution is 0.194. The van der Waals surface area contributed by atoms with Crippen LogP contribution < -0.4 is 10.2 Å². The average Bonchev–Trinajstić information content (AvgIpc) is 3.51. The molecule has 0 bridgehead atoms.